The molecule has 0 aromatic carbocycles. The Balaban J connectivity index is 2.20. The summed E-state index contributed by atoms with van der Waals surface area (Å²) >= 11 is 0. The Morgan fingerprint density at radius 3 is 3.00 bits per heavy atom. The molecule has 2 amide bonds. The molecule has 1 atom stereocenters. The lowest BCUT2D eigenvalue weighted by molar-refractivity contribution is -0.125. The zero-order chi connectivity index (χ0) is 9.68. The van der Waals surface area contributed by atoms with Crippen molar-refractivity contribution in [1.29, 1.82) is 0 Å². The summed E-state index contributed by atoms with van der Waals surface area (Å²) < 4.78 is 0. The molecule has 5 nitrogen and oxygen atoms in total. The van der Waals surface area contributed by atoms with Crippen LogP contribution in [-0.4, -0.2) is 36.1 Å². The monoisotopic (exact) mass is 186 g/mol. The number of hydrogen-bond acceptors (Lipinski definition) is 3. The largest absolute Gasteiger partial charge is 0.396 e. The fraction of sp³-hybridized carbons (Fsp3) is 0.750. The minimum absolute atomic E-state index is 0.0668. The molecule has 0 spiro atoms. The van der Waals surface area contributed by atoms with E-state index in [2.05, 4.69) is 10.6 Å². The fourth-order valence-corrected chi connectivity index (χ4v) is 1.22. The van der Waals surface area contributed by atoms with Crippen LogP contribution in [0.1, 0.15) is 19.3 Å². The van der Waals surface area contributed by atoms with E-state index in [9.17, 15) is 9.59 Å². The zero-order valence-electron chi connectivity index (χ0n) is 7.38. The number of carbonyl (C=O) groups excluding carboxylic acids is 2. The highest BCUT2D eigenvalue weighted by molar-refractivity contribution is 5.90. The summed E-state index contributed by atoms with van der Waals surface area (Å²) in [5.74, 6) is -0.221. The predicted octanol–water partition coefficient (Wildman–Crippen LogP) is -1.24. The minimum atomic E-state index is -0.369. The molecule has 0 aromatic heterocycles. The summed E-state index contributed by atoms with van der Waals surface area (Å²) in [5.41, 5.74) is 0. The molecule has 5 heteroatoms. The number of nitrogens with one attached hydrogen (secondary N) is 2. The zero-order valence-corrected chi connectivity index (χ0v) is 7.38. The molecule has 1 aliphatic heterocycles. The maximum absolute atomic E-state index is 11.3. The number of aliphatic hydroxyl groups is 1. The van der Waals surface area contributed by atoms with E-state index in [1.54, 1.807) is 0 Å². The van der Waals surface area contributed by atoms with Gasteiger partial charge >= 0.3 is 0 Å². The Kier molecular flexibility index (Phi) is 3.70. The molecule has 1 saturated heterocycles. The lowest BCUT2D eigenvalue weighted by Gasteiger charge is -2.09. The van der Waals surface area contributed by atoms with Crippen LogP contribution in [0.4, 0.5) is 0 Å². The van der Waals surface area contributed by atoms with Crippen LogP contribution in [0.3, 0.4) is 0 Å². The lowest BCUT2D eigenvalue weighted by atomic mass is 10.2. The van der Waals surface area contributed by atoms with Gasteiger partial charge in [0.05, 0.1) is 0 Å². The van der Waals surface area contributed by atoms with Crippen LogP contribution < -0.4 is 10.6 Å². The van der Waals surface area contributed by atoms with E-state index in [-0.39, 0.29) is 24.5 Å². The molecular weight excluding hydrogens is 172 g/mol. The summed E-state index contributed by atoms with van der Waals surface area (Å²) in [6.07, 6.45) is 1.55. The van der Waals surface area contributed by atoms with Gasteiger partial charge in [0.15, 0.2) is 0 Å². The first kappa shape index (κ1) is 9.98. The van der Waals surface area contributed by atoms with Crippen LogP contribution >= 0.6 is 0 Å². The normalized spacial score (nSPS) is 21.3. The molecule has 0 aromatic rings. The molecule has 13 heavy (non-hydrogen) atoms. The van der Waals surface area contributed by atoms with E-state index in [1.165, 1.54) is 0 Å². The third-order valence-corrected chi connectivity index (χ3v) is 1.95. The third-order valence-electron chi connectivity index (χ3n) is 1.95. The Hall–Kier alpha value is -1.10. The van der Waals surface area contributed by atoms with Crippen LogP contribution in [0.25, 0.3) is 0 Å². The second-order valence-electron chi connectivity index (χ2n) is 3.03. The predicted molar refractivity (Wildman–Crippen MR) is 45.9 cm³/mol. The van der Waals surface area contributed by atoms with Crippen molar-refractivity contribution >= 4 is 11.8 Å². The maximum atomic E-state index is 11.3. The number of rotatable bonds is 4. The van der Waals surface area contributed by atoms with Gasteiger partial charge in [0.25, 0.3) is 0 Å². The number of amides is 2. The fourth-order valence-electron chi connectivity index (χ4n) is 1.22. The van der Waals surface area contributed by atoms with E-state index in [0.717, 1.165) is 0 Å². The first-order valence-electron chi connectivity index (χ1n) is 4.42. The van der Waals surface area contributed by atoms with Crippen LogP contribution in [0.5, 0.6) is 0 Å². The molecule has 0 bridgehead atoms. The SMILES string of the molecule is O=C1CCC(C(=O)NCCCO)N1. The van der Waals surface area contributed by atoms with Crippen molar-refractivity contribution in [2.24, 2.45) is 0 Å². The van der Waals surface area contributed by atoms with E-state index in [0.29, 0.717) is 25.8 Å². The average molecular weight is 186 g/mol. The number of carbonyl (C=O) groups is 2. The van der Waals surface area contributed by atoms with Gasteiger partial charge in [-0.15, -0.1) is 0 Å². The molecular formula is C8H14N2O3. The Bertz CT molecular complexity index is 206. The second-order valence-corrected chi connectivity index (χ2v) is 3.03. The quantitative estimate of drug-likeness (QED) is 0.481. The van der Waals surface area contributed by atoms with Crippen molar-refractivity contribution in [3.8, 4) is 0 Å². The van der Waals surface area contributed by atoms with Gasteiger partial charge in [-0.25, -0.2) is 0 Å². The third kappa shape index (κ3) is 3.02. The molecule has 0 radical (unpaired) electrons. The summed E-state index contributed by atoms with van der Waals surface area (Å²) in [5, 5.41) is 13.7. The van der Waals surface area contributed by atoms with Crippen LogP contribution in [0.15, 0.2) is 0 Å². The lowest BCUT2D eigenvalue weighted by Crippen LogP contribution is -2.42. The molecule has 1 fully saturated rings. The van der Waals surface area contributed by atoms with E-state index in [1.807, 2.05) is 0 Å². The van der Waals surface area contributed by atoms with Crippen molar-refractivity contribution in [2.75, 3.05) is 13.2 Å². The van der Waals surface area contributed by atoms with E-state index in [4.69, 9.17) is 5.11 Å². The molecule has 3 N–H and O–H groups in total. The van der Waals surface area contributed by atoms with Crippen molar-refractivity contribution in [3.63, 3.8) is 0 Å². The maximum Gasteiger partial charge on any atom is 0.242 e. The Morgan fingerprint density at radius 1 is 1.69 bits per heavy atom. The van der Waals surface area contributed by atoms with E-state index >= 15 is 0 Å². The van der Waals surface area contributed by atoms with Gasteiger partial charge in [0.1, 0.15) is 6.04 Å². The van der Waals surface area contributed by atoms with Gasteiger partial charge < -0.3 is 15.7 Å². The summed E-state index contributed by atoms with van der Waals surface area (Å²) in [7, 11) is 0. The summed E-state index contributed by atoms with van der Waals surface area (Å²) in [6.45, 7) is 0.527. The van der Waals surface area contributed by atoms with Gasteiger partial charge in [-0.05, 0) is 12.8 Å². The van der Waals surface area contributed by atoms with Crippen LogP contribution in [0.2, 0.25) is 0 Å². The summed E-state index contributed by atoms with van der Waals surface area (Å²) in [6, 6.07) is -0.369. The van der Waals surface area contributed by atoms with Gasteiger partial charge in [0, 0.05) is 19.6 Å². The highest BCUT2D eigenvalue weighted by atomic mass is 16.3. The molecule has 0 saturated carbocycles. The highest BCUT2D eigenvalue weighted by Crippen LogP contribution is 2.05. The highest BCUT2D eigenvalue weighted by Gasteiger charge is 2.26. The van der Waals surface area contributed by atoms with Crippen molar-refractivity contribution in [1.82, 2.24) is 10.6 Å². The van der Waals surface area contributed by atoms with E-state index < -0.39 is 0 Å². The van der Waals surface area contributed by atoms with Crippen LogP contribution in [0, 0.1) is 0 Å². The molecule has 1 unspecified atom stereocenters. The Labute approximate surface area is 76.5 Å². The first-order chi connectivity index (χ1) is 6.24. The standard InChI is InChI=1S/C8H14N2O3/c11-5-1-4-9-8(13)6-2-3-7(12)10-6/h6,11H,1-5H2,(H,9,13)(H,10,12). The molecule has 0 aliphatic carbocycles. The molecule has 1 aliphatic rings. The number of aliphatic hydroxyl groups excluding tert-OH is 1. The molecule has 74 valence electrons. The minimum Gasteiger partial charge on any atom is -0.396 e. The van der Waals surface area contributed by atoms with Crippen molar-refractivity contribution in [3.05, 3.63) is 0 Å². The van der Waals surface area contributed by atoms with Gasteiger partial charge in [-0.2, -0.15) is 0 Å². The average Bonchev–Trinajstić information content (AvgIpc) is 2.52. The van der Waals surface area contributed by atoms with Gasteiger partial charge in [-0.3, -0.25) is 9.59 Å². The summed E-state index contributed by atoms with van der Waals surface area (Å²) in [4.78, 5) is 22.0. The van der Waals surface area contributed by atoms with Gasteiger partial charge in [-0.1, -0.05) is 0 Å². The van der Waals surface area contributed by atoms with Crippen molar-refractivity contribution in [2.45, 2.75) is 25.3 Å². The molecule has 1 rings (SSSR count). The Morgan fingerprint density at radius 2 is 2.46 bits per heavy atom. The second kappa shape index (κ2) is 4.81. The first-order valence-corrected chi connectivity index (χ1v) is 4.42. The van der Waals surface area contributed by atoms with Gasteiger partial charge in [0.2, 0.25) is 11.8 Å². The number of hydrogen-bond donors (Lipinski definition) is 3. The molecule has 1 heterocycles. The van der Waals surface area contributed by atoms with Crippen LogP contribution in [-0.2, 0) is 9.59 Å². The van der Waals surface area contributed by atoms with Crippen molar-refractivity contribution < 1.29 is 14.7 Å². The smallest absolute Gasteiger partial charge is 0.242 e. The topological polar surface area (TPSA) is 78.4 Å².